The van der Waals surface area contributed by atoms with Crippen LogP contribution in [-0.4, -0.2) is 11.8 Å². The van der Waals surface area contributed by atoms with Crippen molar-refractivity contribution >= 4 is 33.8 Å². The van der Waals surface area contributed by atoms with Gasteiger partial charge in [0.05, 0.1) is 16.1 Å². The van der Waals surface area contributed by atoms with Gasteiger partial charge in [0, 0.05) is 5.69 Å². The predicted molar refractivity (Wildman–Crippen MR) is 99.5 cm³/mol. The normalized spacial score (nSPS) is 10.7. The molecule has 2 N–H and O–H groups in total. The number of carbonyl (C=O) groups excluding carboxylic acids is 2. The first kappa shape index (κ1) is 17.0. The largest absolute Gasteiger partial charge is 0.459 e. The number of hydrogen-bond donors (Lipinski definition) is 2. The fourth-order valence-electron chi connectivity index (χ4n) is 2.28. The van der Waals surface area contributed by atoms with E-state index >= 15 is 0 Å². The third-order valence-electron chi connectivity index (χ3n) is 3.62. The van der Waals surface area contributed by atoms with Crippen LogP contribution in [0.3, 0.4) is 0 Å². The van der Waals surface area contributed by atoms with Crippen molar-refractivity contribution in [3.05, 3.63) is 71.0 Å². The summed E-state index contributed by atoms with van der Waals surface area (Å²) in [5, 5.41) is 6.19. The number of carbonyl (C=O) groups is 2. The number of nitrogens with one attached hydrogen (secondary N) is 2. The Morgan fingerprint density at radius 3 is 2.56 bits per heavy atom. The second-order valence-corrected chi connectivity index (χ2v) is 6.91. The highest BCUT2D eigenvalue weighted by Crippen LogP contribution is 2.24. The van der Waals surface area contributed by atoms with E-state index in [0.29, 0.717) is 15.8 Å². The number of thiophene rings is 1. The molecule has 2 amide bonds. The molecule has 5 nitrogen and oxygen atoms in total. The molecule has 0 fully saturated rings. The molecule has 0 spiro atoms. The van der Waals surface area contributed by atoms with Crippen molar-refractivity contribution in [3.63, 3.8) is 0 Å². The molecule has 0 radical (unpaired) electrons. The van der Waals surface area contributed by atoms with E-state index in [0.717, 1.165) is 11.3 Å². The molecule has 6 heteroatoms. The molecule has 0 bridgehead atoms. The van der Waals surface area contributed by atoms with Gasteiger partial charge in [0.1, 0.15) is 0 Å². The van der Waals surface area contributed by atoms with Crippen molar-refractivity contribution < 1.29 is 14.0 Å². The summed E-state index contributed by atoms with van der Waals surface area (Å²) in [6, 6.07) is 14.4. The van der Waals surface area contributed by atoms with Crippen LogP contribution in [0.15, 0.2) is 59.2 Å². The van der Waals surface area contributed by atoms with Gasteiger partial charge in [-0.3, -0.25) is 9.59 Å². The predicted octanol–water partition coefficient (Wildman–Crippen LogP) is 4.97. The Bertz CT molecular complexity index is 882. The fourth-order valence-corrected chi connectivity index (χ4v) is 3.07. The Morgan fingerprint density at radius 1 is 1.00 bits per heavy atom. The topological polar surface area (TPSA) is 71.3 Å². The molecule has 0 aliphatic carbocycles. The number of amides is 2. The van der Waals surface area contributed by atoms with Gasteiger partial charge in [-0.25, -0.2) is 0 Å². The second-order valence-electron chi connectivity index (χ2n) is 5.83. The monoisotopic (exact) mass is 354 g/mol. The lowest BCUT2D eigenvalue weighted by Gasteiger charge is -2.08. The highest BCUT2D eigenvalue weighted by molar-refractivity contribution is 7.18. The summed E-state index contributed by atoms with van der Waals surface area (Å²) >= 11 is 1.21. The summed E-state index contributed by atoms with van der Waals surface area (Å²) in [5.74, 6) is 0.0692. The minimum Gasteiger partial charge on any atom is -0.459 e. The van der Waals surface area contributed by atoms with Crippen LogP contribution in [0.4, 0.5) is 10.7 Å². The summed E-state index contributed by atoms with van der Waals surface area (Å²) in [6.07, 6.45) is 1.44. The van der Waals surface area contributed by atoms with Crippen molar-refractivity contribution in [1.29, 1.82) is 0 Å². The molecule has 25 heavy (non-hydrogen) atoms. The van der Waals surface area contributed by atoms with E-state index in [9.17, 15) is 9.59 Å². The molecule has 2 heterocycles. The van der Waals surface area contributed by atoms with Crippen LogP contribution >= 0.6 is 11.3 Å². The van der Waals surface area contributed by atoms with E-state index in [2.05, 4.69) is 24.5 Å². The van der Waals surface area contributed by atoms with Crippen molar-refractivity contribution in [2.45, 2.75) is 19.8 Å². The minimum atomic E-state index is -0.344. The lowest BCUT2D eigenvalue weighted by atomic mass is 10.0. The maximum atomic E-state index is 12.4. The quantitative estimate of drug-likeness (QED) is 0.679. The van der Waals surface area contributed by atoms with Crippen LogP contribution in [0, 0.1) is 0 Å². The fraction of sp³-hybridized carbons (Fsp3) is 0.158. The average Bonchev–Trinajstić information content (AvgIpc) is 3.26. The molecule has 3 rings (SSSR count). The lowest BCUT2D eigenvalue weighted by Crippen LogP contribution is -2.11. The van der Waals surface area contributed by atoms with Gasteiger partial charge in [0.15, 0.2) is 5.76 Å². The summed E-state index contributed by atoms with van der Waals surface area (Å²) in [4.78, 5) is 24.9. The van der Waals surface area contributed by atoms with Crippen molar-refractivity contribution in [1.82, 2.24) is 0 Å². The standard InChI is InChI=1S/C19H18N2O3S/c1-12(2)13-5-3-6-14(11-13)20-19(23)16-8-9-17(25-16)21-18(22)15-7-4-10-24-15/h3-12H,1-2H3,(H,20,23)(H,21,22). The first-order valence-electron chi connectivity index (χ1n) is 7.89. The molecule has 0 atom stereocenters. The molecule has 128 valence electrons. The molecular formula is C19H18N2O3S. The van der Waals surface area contributed by atoms with E-state index in [1.54, 1.807) is 24.3 Å². The number of hydrogen-bond acceptors (Lipinski definition) is 4. The maximum absolute atomic E-state index is 12.4. The Morgan fingerprint density at radius 2 is 1.84 bits per heavy atom. The zero-order chi connectivity index (χ0) is 17.8. The molecule has 0 aliphatic heterocycles. The molecule has 0 saturated heterocycles. The zero-order valence-electron chi connectivity index (χ0n) is 13.9. The maximum Gasteiger partial charge on any atom is 0.291 e. The van der Waals surface area contributed by atoms with Gasteiger partial charge >= 0.3 is 0 Å². The van der Waals surface area contributed by atoms with E-state index in [4.69, 9.17) is 4.42 Å². The van der Waals surface area contributed by atoms with E-state index in [-0.39, 0.29) is 17.6 Å². The number of anilines is 2. The summed E-state index contributed by atoms with van der Waals surface area (Å²) < 4.78 is 5.04. The number of benzene rings is 1. The summed E-state index contributed by atoms with van der Waals surface area (Å²) in [5.41, 5.74) is 1.92. The molecule has 1 aromatic carbocycles. The highest BCUT2D eigenvalue weighted by Gasteiger charge is 2.14. The third-order valence-corrected chi connectivity index (χ3v) is 4.62. The van der Waals surface area contributed by atoms with Crippen molar-refractivity contribution in [3.8, 4) is 0 Å². The van der Waals surface area contributed by atoms with Gasteiger partial charge in [0.2, 0.25) is 0 Å². The molecule has 0 unspecified atom stereocenters. The molecule has 0 aliphatic rings. The smallest absolute Gasteiger partial charge is 0.291 e. The third kappa shape index (κ3) is 4.16. The van der Waals surface area contributed by atoms with Gasteiger partial charge in [-0.1, -0.05) is 26.0 Å². The average molecular weight is 354 g/mol. The van der Waals surface area contributed by atoms with Crippen LogP contribution in [0.2, 0.25) is 0 Å². The molecule has 3 aromatic rings. The van der Waals surface area contributed by atoms with Gasteiger partial charge in [0.25, 0.3) is 11.8 Å². The first-order chi connectivity index (χ1) is 12.0. The van der Waals surface area contributed by atoms with Crippen LogP contribution in [0.25, 0.3) is 0 Å². The van der Waals surface area contributed by atoms with Crippen LogP contribution in [-0.2, 0) is 0 Å². The number of rotatable bonds is 5. The Hall–Kier alpha value is -2.86. The Kier molecular flexibility index (Phi) is 5.00. The van der Waals surface area contributed by atoms with Gasteiger partial charge in [-0.05, 0) is 47.9 Å². The van der Waals surface area contributed by atoms with Gasteiger partial charge in [-0.15, -0.1) is 11.3 Å². The SMILES string of the molecule is CC(C)c1cccc(NC(=O)c2ccc(NC(=O)c3ccco3)s2)c1. The van der Waals surface area contributed by atoms with Crippen molar-refractivity contribution in [2.24, 2.45) is 0 Å². The minimum absolute atomic E-state index is 0.204. The zero-order valence-corrected chi connectivity index (χ0v) is 14.7. The van der Waals surface area contributed by atoms with Crippen LogP contribution in [0.1, 0.15) is 45.6 Å². The Labute approximate surface area is 149 Å². The number of furan rings is 1. The van der Waals surface area contributed by atoms with Crippen LogP contribution in [0.5, 0.6) is 0 Å². The summed E-state index contributed by atoms with van der Waals surface area (Å²) in [7, 11) is 0. The van der Waals surface area contributed by atoms with E-state index < -0.39 is 0 Å². The van der Waals surface area contributed by atoms with Crippen LogP contribution < -0.4 is 10.6 Å². The van der Waals surface area contributed by atoms with Gasteiger partial charge in [-0.2, -0.15) is 0 Å². The Balaban J connectivity index is 1.66. The second kappa shape index (κ2) is 7.36. The molecule has 0 saturated carbocycles. The lowest BCUT2D eigenvalue weighted by molar-refractivity contribution is 0.0995. The van der Waals surface area contributed by atoms with Crippen molar-refractivity contribution in [2.75, 3.05) is 10.6 Å². The first-order valence-corrected chi connectivity index (χ1v) is 8.70. The molecular weight excluding hydrogens is 336 g/mol. The van der Waals surface area contributed by atoms with Gasteiger partial charge < -0.3 is 15.1 Å². The summed E-state index contributed by atoms with van der Waals surface area (Å²) in [6.45, 7) is 4.21. The molecule has 2 aromatic heterocycles. The van der Waals surface area contributed by atoms with E-state index in [1.807, 2.05) is 24.3 Å². The van der Waals surface area contributed by atoms with E-state index in [1.165, 1.54) is 17.6 Å². The highest BCUT2D eigenvalue weighted by atomic mass is 32.1.